The molecule has 9 nitrogen and oxygen atoms in total. The van der Waals surface area contributed by atoms with Crippen LogP contribution in [0.3, 0.4) is 0 Å². The number of nitro groups is 1. The summed E-state index contributed by atoms with van der Waals surface area (Å²) in [7, 11) is 0. The van der Waals surface area contributed by atoms with Crippen molar-refractivity contribution in [1.82, 2.24) is 5.32 Å². The normalized spacial score (nSPS) is 11.2. The van der Waals surface area contributed by atoms with E-state index < -0.39 is 35.4 Å². The van der Waals surface area contributed by atoms with Crippen molar-refractivity contribution in [2.24, 2.45) is 0 Å². The Balaban J connectivity index is 1.90. The summed E-state index contributed by atoms with van der Waals surface area (Å²) in [4.78, 5) is 46.5. The molecule has 0 aliphatic rings. The van der Waals surface area contributed by atoms with Crippen LogP contribution < -0.4 is 10.6 Å². The summed E-state index contributed by atoms with van der Waals surface area (Å²) in [5.74, 6) is -1.99. The molecule has 0 radical (unpaired) electrons. The lowest BCUT2D eigenvalue weighted by atomic mass is 10.1. The van der Waals surface area contributed by atoms with Gasteiger partial charge in [0.05, 0.1) is 4.92 Å². The first-order valence-electron chi connectivity index (χ1n) is 8.36. The maximum Gasteiger partial charge on any atom is 0.328 e. The van der Waals surface area contributed by atoms with Gasteiger partial charge < -0.3 is 15.4 Å². The number of esters is 1. The standard InChI is InChI=1S/C19H19N3O6/c1-12-7-6-10-15(22(26)27)17(12)21-16(23)11-28-19(25)13(2)20-18(24)14-8-4-3-5-9-14/h3-10,13H,11H2,1-2H3,(H,20,24)(H,21,23)/t13-/m0/s1. The number of nitrogens with zero attached hydrogens (tertiary/aromatic N) is 1. The van der Waals surface area contributed by atoms with Crippen LogP contribution in [0.25, 0.3) is 0 Å². The number of nitro benzene ring substituents is 1. The summed E-state index contributed by atoms with van der Waals surface area (Å²) in [5.41, 5.74) is 0.659. The second-order valence-corrected chi connectivity index (χ2v) is 5.94. The number of rotatable bonds is 7. The van der Waals surface area contributed by atoms with E-state index in [0.29, 0.717) is 11.1 Å². The molecule has 2 aromatic rings. The summed E-state index contributed by atoms with van der Waals surface area (Å²) in [5, 5.41) is 15.9. The van der Waals surface area contributed by atoms with Gasteiger partial charge in [-0.05, 0) is 31.5 Å². The minimum absolute atomic E-state index is 0.0407. The molecule has 0 heterocycles. The molecule has 2 aromatic carbocycles. The lowest BCUT2D eigenvalue weighted by Crippen LogP contribution is -2.40. The van der Waals surface area contributed by atoms with E-state index in [2.05, 4.69) is 10.6 Å². The zero-order valence-electron chi connectivity index (χ0n) is 15.3. The minimum Gasteiger partial charge on any atom is -0.454 e. The minimum atomic E-state index is -0.978. The zero-order chi connectivity index (χ0) is 20.7. The molecule has 0 aliphatic carbocycles. The van der Waals surface area contributed by atoms with Crippen LogP contribution in [-0.4, -0.2) is 35.4 Å². The monoisotopic (exact) mass is 385 g/mol. The Morgan fingerprint density at radius 1 is 1.11 bits per heavy atom. The number of carbonyl (C=O) groups excluding carboxylic acids is 3. The van der Waals surface area contributed by atoms with E-state index in [0.717, 1.165) is 0 Å². The first-order chi connectivity index (χ1) is 13.3. The topological polar surface area (TPSA) is 128 Å². The van der Waals surface area contributed by atoms with E-state index in [-0.39, 0.29) is 11.4 Å². The highest BCUT2D eigenvalue weighted by molar-refractivity contribution is 5.98. The van der Waals surface area contributed by atoms with Gasteiger partial charge in [-0.15, -0.1) is 0 Å². The number of para-hydroxylation sites is 1. The van der Waals surface area contributed by atoms with Crippen LogP contribution in [0.15, 0.2) is 48.5 Å². The van der Waals surface area contributed by atoms with Crippen LogP contribution in [0.1, 0.15) is 22.8 Å². The highest BCUT2D eigenvalue weighted by atomic mass is 16.6. The van der Waals surface area contributed by atoms with Crippen molar-refractivity contribution in [3.63, 3.8) is 0 Å². The summed E-state index contributed by atoms with van der Waals surface area (Å²) >= 11 is 0. The van der Waals surface area contributed by atoms with E-state index in [1.165, 1.54) is 19.1 Å². The molecule has 146 valence electrons. The van der Waals surface area contributed by atoms with E-state index in [4.69, 9.17) is 4.74 Å². The molecule has 0 saturated carbocycles. The van der Waals surface area contributed by atoms with Crippen molar-refractivity contribution in [1.29, 1.82) is 0 Å². The van der Waals surface area contributed by atoms with Crippen molar-refractivity contribution in [2.75, 3.05) is 11.9 Å². The number of carbonyl (C=O) groups is 3. The Bertz CT molecular complexity index is 898. The fourth-order valence-corrected chi connectivity index (χ4v) is 2.33. The number of ether oxygens (including phenoxy) is 1. The average Bonchev–Trinajstić information content (AvgIpc) is 2.68. The number of aryl methyl sites for hydroxylation is 1. The quantitative estimate of drug-likeness (QED) is 0.427. The summed E-state index contributed by atoms with van der Waals surface area (Å²) < 4.78 is 4.88. The number of hydrogen-bond donors (Lipinski definition) is 2. The highest BCUT2D eigenvalue weighted by Crippen LogP contribution is 2.27. The van der Waals surface area contributed by atoms with E-state index in [9.17, 15) is 24.5 Å². The van der Waals surface area contributed by atoms with Gasteiger partial charge in [0.15, 0.2) is 6.61 Å². The average molecular weight is 385 g/mol. The number of anilines is 1. The maximum atomic E-state index is 12.0. The summed E-state index contributed by atoms with van der Waals surface area (Å²) in [6, 6.07) is 11.7. The Morgan fingerprint density at radius 3 is 2.43 bits per heavy atom. The molecular formula is C19H19N3O6. The highest BCUT2D eigenvalue weighted by Gasteiger charge is 2.21. The van der Waals surface area contributed by atoms with Gasteiger partial charge in [-0.3, -0.25) is 19.7 Å². The molecule has 0 unspecified atom stereocenters. The van der Waals surface area contributed by atoms with Crippen molar-refractivity contribution in [3.8, 4) is 0 Å². The van der Waals surface area contributed by atoms with Crippen LogP contribution in [0.4, 0.5) is 11.4 Å². The Morgan fingerprint density at radius 2 is 1.79 bits per heavy atom. The molecule has 0 aromatic heterocycles. The third kappa shape index (κ3) is 5.37. The molecule has 0 bridgehead atoms. The van der Waals surface area contributed by atoms with Gasteiger partial charge in [0.2, 0.25) is 0 Å². The smallest absolute Gasteiger partial charge is 0.328 e. The van der Waals surface area contributed by atoms with Crippen LogP contribution in [0.5, 0.6) is 0 Å². The first-order valence-corrected chi connectivity index (χ1v) is 8.36. The molecule has 1 atom stereocenters. The predicted octanol–water partition coefficient (Wildman–Crippen LogP) is 2.20. The van der Waals surface area contributed by atoms with E-state index in [1.807, 2.05) is 0 Å². The molecule has 2 N–H and O–H groups in total. The van der Waals surface area contributed by atoms with Crippen LogP contribution in [-0.2, 0) is 14.3 Å². The molecule has 2 rings (SSSR count). The third-order valence-corrected chi connectivity index (χ3v) is 3.79. The number of nitrogens with one attached hydrogen (secondary N) is 2. The van der Waals surface area contributed by atoms with Crippen molar-refractivity contribution < 1.29 is 24.0 Å². The van der Waals surface area contributed by atoms with Gasteiger partial charge in [0.1, 0.15) is 11.7 Å². The van der Waals surface area contributed by atoms with E-state index in [1.54, 1.807) is 43.3 Å². The van der Waals surface area contributed by atoms with Crippen LogP contribution in [0, 0.1) is 17.0 Å². The van der Waals surface area contributed by atoms with Gasteiger partial charge >= 0.3 is 5.97 Å². The SMILES string of the molecule is Cc1cccc([N+](=O)[O-])c1NC(=O)COC(=O)[C@H](C)NC(=O)c1ccccc1. The van der Waals surface area contributed by atoms with Crippen LogP contribution >= 0.6 is 0 Å². The fourth-order valence-electron chi connectivity index (χ4n) is 2.33. The summed E-state index contributed by atoms with van der Waals surface area (Å²) in [6.07, 6.45) is 0. The number of amides is 2. The first kappa shape index (κ1) is 20.6. The Labute approximate surface area is 160 Å². The second kappa shape index (κ2) is 9.26. The van der Waals surface area contributed by atoms with Gasteiger partial charge in [0.25, 0.3) is 17.5 Å². The molecule has 28 heavy (non-hydrogen) atoms. The maximum absolute atomic E-state index is 12.0. The van der Waals surface area contributed by atoms with Crippen molar-refractivity contribution in [2.45, 2.75) is 19.9 Å². The number of benzene rings is 2. The Hall–Kier alpha value is -3.75. The fraction of sp³-hybridized carbons (Fsp3) is 0.211. The van der Waals surface area contributed by atoms with Crippen molar-refractivity contribution in [3.05, 3.63) is 69.8 Å². The second-order valence-electron chi connectivity index (χ2n) is 5.94. The molecule has 0 fully saturated rings. The van der Waals surface area contributed by atoms with Gasteiger partial charge in [-0.25, -0.2) is 4.79 Å². The van der Waals surface area contributed by atoms with Gasteiger partial charge in [-0.1, -0.05) is 30.3 Å². The van der Waals surface area contributed by atoms with Crippen molar-refractivity contribution >= 4 is 29.2 Å². The van der Waals surface area contributed by atoms with Gasteiger partial charge in [0, 0.05) is 11.6 Å². The predicted molar refractivity (Wildman–Crippen MR) is 101 cm³/mol. The molecule has 0 spiro atoms. The largest absolute Gasteiger partial charge is 0.454 e. The molecule has 0 saturated heterocycles. The third-order valence-electron chi connectivity index (χ3n) is 3.79. The lowest BCUT2D eigenvalue weighted by molar-refractivity contribution is -0.384. The molecular weight excluding hydrogens is 366 g/mol. The van der Waals surface area contributed by atoms with Gasteiger partial charge in [-0.2, -0.15) is 0 Å². The molecule has 9 heteroatoms. The Kier molecular flexibility index (Phi) is 6.80. The molecule has 2 amide bonds. The summed E-state index contributed by atoms with van der Waals surface area (Å²) in [6.45, 7) is 2.39. The van der Waals surface area contributed by atoms with Crippen LogP contribution in [0.2, 0.25) is 0 Å². The number of hydrogen-bond acceptors (Lipinski definition) is 6. The molecule has 0 aliphatic heterocycles. The zero-order valence-corrected chi connectivity index (χ0v) is 15.3. The van der Waals surface area contributed by atoms with E-state index >= 15 is 0 Å². The lowest BCUT2D eigenvalue weighted by Gasteiger charge is -2.14.